The number of aromatic amines is 1. The summed E-state index contributed by atoms with van der Waals surface area (Å²) < 4.78 is 1.30. The molecule has 7 heteroatoms. The molecule has 1 aromatic rings. The van der Waals surface area contributed by atoms with E-state index in [1.165, 1.54) is 10.8 Å². The molecule has 1 aromatic heterocycles. The maximum Gasteiger partial charge on any atom is 0.328 e. The Labute approximate surface area is 96.0 Å². The zero-order valence-electron chi connectivity index (χ0n) is 8.53. The van der Waals surface area contributed by atoms with Crippen LogP contribution in [-0.4, -0.2) is 15.5 Å². The van der Waals surface area contributed by atoms with Crippen molar-refractivity contribution in [3.63, 3.8) is 0 Å². The predicted molar refractivity (Wildman–Crippen MR) is 59.4 cm³/mol. The van der Waals surface area contributed by atoms with Crippen LogP contribution in [0.1, 0.15) is 19.3 Å². The molecule has 3 N–H and O–H groups in total. The number of hydrogen-bond acceptors (Lipinski definition) is 3. The van der Waals surface area contributed by atoms with Crippen LogP contribution >= 0.6 is 11.6 Å². The molecular formula is C9H12ClN3O3. The Morgan fingerprint density at radius 3 is 2.75 bits per heavy atom. The van der Waals surface area contributed by atoms with Crippen molar-refractivity contribution in [3.05, 3.63) is 32.1 Å². The van der Waals surface area contributed by atoms with Crippen molar-refractivity contribution in [2.75, 3.05) is 0 Å². The molecule has 0 unspecified atom stereocenters. The van der Waals surface area contributed by atoms with E-state index in [0.717, 1.165) is 0 Å². The van der Waals surface area contributed by atoms with E-state index in [4.69, 9.17) is 17.3 Å². The Bertz CT molecular complexity index is 492. The summed E-state index contributed by atoms with van der Waals surface area (Å²) in [6, 6.07) is 0. The van der Waals surface area contributed by atoms with Gasteiger partial charge in [0, 0.05) is 19.2 Å². The van der Waals surface area contributed by atoms with E-state index in [1.54, 1.807) is 0 Å². The average Bonchev–Trinajstić information content (AvgIpc) is 2.19. The molecular weight excluding hydrogens is 234 g/mol. The zero-order valence-corrected chi connectivity index (χ0v) is 9.29. The molecule has 1 heterocycles. The summed E-state index contributed by atoms with van der Waals surface area (Å²) in [6.07, 6.45) is 2.78. The summed E-state index contributed by atoms with van der Waals surface area (Å²) in [4.78, 5) is 34.8. The highest BCUT2D eigenvalue weighted by Gasteiger charge is 2.02. The molecule has 0 aromatic carbocycles. The molecule has 1 rings (SSSR count). The lowest BCUT2D eigenvalue weighted by molar-refractivity contribution is -0.118. The summed E-state index contributed by atoms with van der Waals surface area (Å²) >= 11 is 5.57. The monoisotopic (exact) mass is 245 g/mol. The highest BCUT2D eigenvalue weighted by molar-refractivity contribution is 6.30. The first-order valence-corrected chi connectivity index (χ1v) is 5.16. The topological polar surface area (TPSA) is 97.9 Å². The largest absolute Gasteiger partial charge is 0.370 e. The summed E-state index contributed by atoms with van der Waals surface area (Å²) in [5.41, 5.74) is 3.87. The predicted octanol–water partition coefficient (Wildman–Crippen LogP) is -0.154. The van der Waals surface area contributed by atoms with Crippen LogP contribution in [0.4, 0.5) is 0 Å². The molecule has 88 valence electrons. The van der Waals surface area contributed by atoms with Crippen LogP contribution in [0.15, 0.2) is 15.8 Å². The van der Waals surface area contributed by atoms with Gasteiger partial charge in [0.15, 0.2) is 0 Å². The van der Waals surface area contributed by atoms with E-state index in [2.05, 4.69) is 4.98 Å². The first-order chi connectivity index (χ1) is 7.50. The maximum atomic E-state index is 11.3. The second-order valence-electron chi connectivity index (χ2n) is 3.35. The number of carbonyl (C=O) groups excluding carboxylic acids is 1. The van der Waals surface area contributed by atoms with Gasteiger partial charge in [-0.3, -0.25) is 19.1 Å². The number of aryl methyl sites for hydroxylation is 1. The van der Waals surface area contributed by atoms with Gasteiger partial charge in [-0.05, 0) is 12.8 Å². The number of nitrogens with two attached hydrogens (primary N) is 1. The third-order valence-electron chi connectivity index (χ3n) is 2.04. The van der Waals surface area contributed by atoms with Crippen LogP contribution in [0, 0.1) is 0 Å². The van der Waals surface area contributed by atoms with Crippen molar-refractivity contribution in [2.24, 2.45) is 5.73 Å². The van der Waals surface area contributed by atoms with Gasteiger partial charge in [-0.1, -0.05) is 11.6 Å². The number of rotatable bonds is 5. The van der Waals surface area contributed by atoms with Gasteiger partial charge in [-0.2, -0.15) is 0 Å². The molecule has 0 aliphatic carbocycles. The summed E-state index contributed by atoms with van der Waals surface area (Å²) in [5, 5.41) is -0.0329. The number of halogens is 1. The van der Waals surface area contributed by atoms with Gasteiger partial charge >= 0.3 is 5.69 Å². The fourth-order valence-electron chi connectivity index (χ4n) is 1.23. The summed E-state index contributed by atoms with van der Waals surface area (Å²) in [5.74, 6) is -0.369. The number of unbranched alkanes of at least 4 members (excludes halogenated alkanes) is 1. The van der Waals surface area contributed by atoms with E-state index in [9.17, 15) is 14.4 Å². The summed E-state index contributed by atoms with van der Waals surface area (Å²) in [7, 11) is 0. The average molecular weight is 246 g/mol. The normalized spacial score (nSPS) is 10.3. The first-order valence-electron chi connectivity index (χ1n) is 4.78. The third kappa shape index (κ3) is 3.54. The lowest BCUT2D eigenvalue weighted by Gasteiger charge is -2.04. The molecule has 0 saturated heterocycles. The molecule has 0 bridgehead atoms. The Balaban J connectivity index is 2.61. The van der Waals surface area contributed by atoms with Gasteiger partial charge in [0.1, 0.15) is 5.02 Å². The lowest BCUT2D eigenvalue weighted by atomic mass is 10.2. The Hall–Kier alpha value is -1.56. The van der Waals surface area contributed by atoms with Gasteiger partial charge < -0.3 is 5.73 Å². The fraction of sp³-hybridized carbons (Fsp3) is 0.444. The van der Waals surface area contributed by atoms with Crippen LogP contribution in [0.2, 0.25) is 5.02 Å². The standard InChI is InChI=1S/C9H12ClN3O3/c10-6-5-13(9(16)12-8(6)15)4-2-1-3-7(11)14/h5H,1-4H2,(H2,11,14)(H,12,15,16). The minimum atomic E-state index is -0.597. The number of aromatic nitrogens is 2. The number of nitrogens with one attached hydrogen (secondary N) is 1. The molecule has 0 aliphatic heterocycles. The molecule has 1 amide bonds. The van der Waals surface area contributed by atoms with E-state index in [1.807, 2.05) is 0 Å². The maximum absolute atomic E-state index is 11.3. The Morgan fingerprint density at radius 1 is 1.44 bits per heavy atom. The van der Waals surface area contributed by atoms with Crippen molar-refractivity contribution in [1.82, 2.24) is 9.55 Å². The molecule has 0 saturated carbocycles. The van der Waals surface area contributed by atoms with E-state index < -0.39 is 11.2 Å². The van der Waals surface area contributed by atoms with Gasteiger partial charge in [0.05, 0.1) is 0 Å². The quantitative estimate of drug-likeness (QED) is 0.706. The van der Waals surface area contributed by atoms with Crippen molar-refractivity contribution < 1.29 is 4.79 Å². The molecule has 0 atom stereocenters. The zero-order chi connectivity index (χ0) is 12.1. The Morgan fingerprint density at radius 2 is 2.12 bits per heavy atom. The molecule has 0 fully saturated rings. The minimum absolute atomic E-state index is 0.0329. The van der Waals surface area contributed by atoms with E-state index in [0.29, 0.717) is 19.4 Å². The SMILES string of the molecule is NC(=O)CCCCn1cc(Cl)c(=O)[nH]c1=O. The van der Waals surface area contributed by atoms with Crippen LogP contribution in [0.3, 0.4) is 0 Å². The van der Waals surface area contributed by atoms with Crippen LogP contribution in [-0.2, 0) is 11.3 Å². The number of H-pyrrole nitrogens is 1. The molecule has 6 nitrogen and oxygen atoms in total. The smallest absolute Gasteiger partial charge is 0.328 e. The van der Waals surface area contributed by atoms with E-state index >= 15 is 0 Å². The van der Waals surface area contributed by atoms with E-state index in [-0.39, 0.29) is 17.4 Å². The van der Waals surface area contributed by atoms with Gasteiger partial charge in [0.2, 0.25) is 5.91 Å². The summed E-state index contributed by atoms with van der Waals surface area (Å²) in [6.45, 7) is 0.391. The molecule has 0 aliphatic rings. The second kappa shape index (κ2) is 5.50. The van der Waals surface area contributed by atoms with Crippen LogP contribution in [0.5, 0.6) is 0 Å². The number of hydrogen-bond donors (Lipinski definition) is 2. The number of carbonyl (C=O) groups is 1. The number of nitrogens with zero attached hydrogens (tertiary/aromatic N) is 1. The van der Waals surface area contributed by atoms with Crippen molar-refractivity contribution >= 4 is 17.5 Å². The van der Waals surface area contributed by atoms with Gasteiger partial charge in [0.25, 0.3) is 5.56 Å². The highest BCUT2D eigenvalue weighted by atomic mass is 35.5. The molecule has 0 radical (unpaired) electrons. The fourth-order valence-corrected chi connectivity index (χ4v) is 1.40. The number of amides is 1. The Kier molecular flexibility index (Phi) is 4.30. The van der Waals surface area contributed by atoms with Crippen molar-refractivity contribution in [1.29, 1.82) is 0 Å². The van der Waals surface area contributed by atoms with Gasteiger partial charge in [-0.25, -0.2) is 4.79 Å². The second-order valence-corrected chi connectivity index (χ2v) is 3.76. The van der Waals surface area contributed by atoms with Crippen LogP contribution < -0.4 is 17.0 Å². The third-order valence-corrected chi connectivity index (χ3v) is 2.31. The number of primary amides is 1. The molecule has 0 spiro atoms. The van der Waals surface area contributed by atoms with Crippen molar-refractivity contribution in [3.8, 4) is 0 Å². The van der Waals surface area contributed by atoms with Gasteiger partial charge in [-0.15, -0.1) is 0 Å². The van der Waals surface area contributed by atoms with Crippen LogP contribution in [0.25, 0.3) is 0 Å². The molecule has 16 heavy (non-hydrogen) atoms. The van der Waals surface area contributed by atoms with Crippen molar-refractivity contribution in [2.45, 2.75) is 25.8 Å². The first kappa shape index (κ1) is 12.5. The lowest BCUT2D eigenvalue weighted by Crippen LogP contribution is -2.29. The highest BCUT2D eigenvalue weighted by Crippen LogP contribution is 2.00. The minimum Gasteiger partial charge on any atom is -0.370 e.